The minimum absolute atomic E-state index is 0.256. The van der Waals surface area contributed by atoms with Crippen LogP contribution in [0.3, 0.4) is 0 Å². The molecule has 0 unspecified atom stereocenters. The Hall–Kier alpha value is -3.20. The Balaban J connectivity index is 1.98. The van der Waals surface area contributed by atoms with Gasteiger partial charge in [-0.25, -0.2) is 9.18 Å². The molecule has 0 fully saturated rings. The van der Waals surface area contributed by atoms with Crippen molar-refractivity contribution in [3.05, 3.63) is 65.5 Å². The average Bonchev–Trinajstić information content (AvgIpc) is 2.62. The van der Waals surface area contributed by atoms with Crippen molar-refractivity contribution in [2.24, 2.45) is 0 Å². The minimum Gasteiger partial charge on any atom is -0.452 e. The van der Waals surface area contributed by atoms with E-state index < -0.39 is 24.3 Å². The van der Waals surface area contributed by atoms with Crippen LogP contribution in [0.4, 0.5) is 10.1 Å². The Kier molecular flexibility index (Phi) is 5.63. The van der Waals surface area contributed by atoms with Gasteiger partial charge in [-0.15, -0.1) is 0 Å². The zero-order chi connectivity index (χ0) is 17.5. The molecule has 5 nitrogen and oxygen atoms in total. The van der Waals surface area contributed by atoms with Gasteiger partial charge in [-0.1, -0.05) is 0 Å². The van der Waals surface area contributed by atoms with Gasteiger partial charge in [-0.05, 0) is 55.5 Å². The van der Waals surface area contributed by atoms with E-state index in [2.05, 4.69) is 0 Å². The van der Waals surface area contributed by atoms with Crippen LogP contribution < -0.4 is 4.90 Å². The molecule has 0 radical (unpaired) electrons. The van der Waals surface area contributed by atoms with E-state index >= 15 is 0 Å². The molecule has 2 aromatic carbocycles. The highest BCUT2D eigenvalue weighted by atomic mass is 19.1. The van der Waals surface area contributed by atoms with Crippen molar-refractivity contribution < 1.29 is 18.7 Å². The van der Waals surface area contributed by atoms with Gasteiger partial charge < -0.3 is 9.64 Å². The molecule has 0 saturated heterocycles. The summed E-state index contributed by atoms with van der Waals surface area (Å²) >= 11 is 0. The summed E-state index contributed by atoms with van der Waals surface area (Å²) in [6, 6.07) is 13.3. The number of carbonyl (C=O) groups excluding carboxylic acids is 2. The first kappa shape index (κ1) is 17.2. The van der Waals surface area contributed by atoms with Crippen molar-refractivity contribution in [2.45, 2.75) is 6.92 Å². The summed E-state index contributed by atoms with van der Waals surface area (Å²) in [5.41, 5.74) is 1.21. The number of anilines is 1. The van der Waals surface area contributed by atoms with Gasteiger partial charge in [-0.2, -0.15) is 5.26 Å². The monoisotopic (exact) mass is 326 g/mol. The van der Waals surface area contributed by atoms with Crippen molar-refractivity contribution in [1.82, 2.24) is 0 Å². The Labute approximate surface area is 138 Å². The highest BCUT2D eigenvalue weighted by molar-refractivity contribution is 5.97. The molecule has 0 aliphatic rings. The van der Waals surface area contributed by atoms with Crippen LogP contribution in [0.25, 0.3) is 0 Å². The molecule has 2 rings (SSSR count). The second-order valence-corrected chi connectivity index (χ2v) is 4.88. The number of amides is 1. The number of hydrogen-bond donors (Lipinski definition) is 0. The van der Waals surface area contributed by atoms with E-state index in [9.17, 15) is 14.0 Å². The predicted molar refractivity (Wildman–Crippen MR) is 85.9 cm³/mol. The molecule has 6 heteroatoms. The summed E-state index contributed by atoms with van der Waals surface area (Å²) in [6.07, 6.45) is 0. The lowest BCUT2D eigenvalue weighted by Crippen LogP contribution is -2.34. The molecular weight excluding hydrogens is 311 g/mol. The van der Waals surface area contributed by atoms with Gasteiger partial charge in [0, 0.05) is 12.2 Å². The van der Waals surface area contributed by atoms with Gasteiger partial charge in [0.1, 0.15) is 5.82 Å². The molecule has 1 amide bonds. The molecule has 0 aromatic heterocycles. The molecule has 0 N–H and O–H groups in total. The third kappa shape index (κ3) is 4.17. The van der Waals surface area contributed by atoms with Crippen LogP contribution in [-0.4, -0.2) is 25.0 Å². The maximum absolute atomic E-state index is 13.0. The second-order valence-electron chi connectivity index (χ2n) is 4.88. The topological polar surface area (TPSA) is 70.4 Å². The SMILES string of the molecule is CCN(C(=O)COC(=O)c1ccc(C#N)cc1)c1ccc(F)cc1. The molecular formula is C18H15FN2O3. The summed E-state index contributed by atoms with van der Waals surface area (Å²) in [5, 5.41) is 8.72. The van der Waals surface area contributed by atoms with Crippen molar-refractivity contribution in [1.29, 1.82) is 5.26 Å². The quantitative estimate of drug-likeness (QED) is 0.792. The lowest BCUT2D eigenvalue weighted by Gasteiger charge is -2.20. The van der Waals surface area contributed by atoms with Crippen LogP contribution in [0.1, 0.15) is 22.8 Å². The number of ether oxygens (including phenoxy) is 1. The number of esters is 1. The largest absolute Gasteiger partial charge is 0.452 e. The molecule has 0 atom stereocenters. The van der Waals surface area contributed by atoms with Crippen LogP contribution >= 0.6 is 0 Å². The molecule has 122 valence electrons. The number of carbonyl (C=O) groups is 2. The number of nitrogens with zero attached hydrogens (tertiary/aromatic N) is 2. The molecule has 2 aromatic rings. The normalized spacial score (nSPS) is 9.88. The fourth-order valence-electron chi connectivity index (χ4n) is 2.09. The zero-order valence-electron chi connectivity index (χ0n) is 13.0. The Morgan fingerprint density at radius 1 is 1.12 bits per heavy atom. The first-order chi connectivity index (χ1) is 11.5. The van der Waals surface area contributed by atoms with Gasteiger partial charge in [0.25, 0.3) is 5.91 Å². The van der Waals surface area contributed by atoms with E-state index in [1.165, 1.54) is 53.4 Å². The van der Waals surface area contributed by atoms with Gasteiger partial charge in [0.15, 0.2) is 6.61 Å². The molecule has 24 heavy (non-hydrogen) atoms. The van der Waals surface area contributed by atoms with Crippen molar-refractivity contribution >= 4 is 17.6 Å². The third-order valence-electron chi connectivity index (χ3n) is 3.33. The number of rotatable bonds is 5. The van der Waals surface area contributed by atoms with Crippen LogP contribution in [0.15, 0.2) is 48.5 Å². The van der Waals surface area contributed by atoms with E-state index in [1.807, 2.05) is 6.07 Å². The highest BCUT2D eigenvalue weighted by Gasteiger charge is 2.17. The van der Waals surface area contributed by atoms with E-state index in [0.717, 1.165) is 0 Å². The minimum atomic E-state index is -0.650. The van der Waals surface area contributed by atoms with Crippen molar-refractivity contribution in [3.8, 4) is 6.07 Å². The van der Waals surface area contributed by atoms with E-state index in [-0.39, 0.29) is 5.56 Å². The second kappa shape index (κ2) is 7.88. The standard InChI is InChI=1S/C18H15FN2O3/c1-2-21(16-9-7-15(19)8-10-16)17(22)12-24-18(23)14-5-3-13(11-20)4-6-14/h3-10H,2,12H2,1H3. The van der Waals surface area contributed by atoms with Gasteiger partial charge in [0.2, 0.25) is 0 Å². The number of hydrogen-bond acceptors (Lipinski definition) is 4. The molecule has 0 aliphatic heterocycles. The van der Waals surface area contributed by atoms with Crippen molar-refractivity contribution in [2.75, 3.05) is 18.1 Å². The highest BCUT2D eigenvalue weighted by Crippen LogP contribution is 2.15. The smallest absolute Gasteiger partial charge is 0.338 e. The van der Waals surface area contributed by atoms with Gasteiger partial charge >= 0.3 is 5.97 Å². The van der Waals surface area contributed by atoms with E-state index in [0.29, 0.717) is 17.8 Å². The summed E-state index contributed by atoms with van der Waals surface area (Å²) in [5.74, 6) is -1.46. The number of likely N-dealkylation sites (N-methyl/N-ethyl adjacent to an activating group) is 1. The van der Waals surface area contributed by atoms with E-state index in [1.54, 1.807) is 6.92 Å². The fourth-order valence-corrected chi connectivity index (χ4v) is 2.09. The predicted octanol–water partition coefficient (Wildman–Crippen LogP) is 2.91. The molecule has 0 spiro atoms. The zero-order valence-corrected chi connectivity index (χ0v) is 13.0. The van der Waals surface area contributed by atoms with Gasteiger partial charge in [0.05, 0.1) is 17.2 Å². The van der Waals surface area contributed by atoms with Crippen LogP contribution in [0.5, 0.6) is 0 Å². The summed E-state index contributed by atoms with van der Waals surface area (Å²) in [4.78, 5) is 25.5. The van der Waals surface area contributed by atoms with Gasteiger partial charge in [-0.3, -0.25) is 4.79 Å². The maximum Gasteiger partial charge on any atom is 0.338 e. The fraction of sp³-hybridized carbons (Fsp3) is 0.167. The third-order valence-corrected chi connectivity index (χ3v) is 3.33. The first-order valence-electron chi connectivity index (χ1n) is 7.28. The summed E-state index contributed by atoms with van der Waals surface area (Å²) in [6.45, 7) is 1.70. The number of nitriles is 1. The van der Waals surface area contributed by atoms with Crippen molar-refractivity contribution in [3.63, 3.8) is 0 Å². The Bertz CT molecular complexity index is 764. The molecule has 0 saturated carbocycles. The lowest BCUT2D eigenvalue weighted by molar-refractivity contribution is -0.121. The molecule has 0 heterocycles. The number of benzene rings is 2. The molecule has 0 bridgehead atoms. The number of halogens is 1. The average molecular weight is 326 g/mol. The van der Waals surface area contributed by atoms with Crippen LogP contribution in [-0.2, 0) is 9.53 Å². The Morgan fingerprint density at radius 2 is 1.75 bits per heavy atom. The maximum atomic E-state index is 13.0. The van der Waals surface area contributed by atoms with Crippen LogP contribution in [0.2, 0.25) is 0 Å². The first-order valence-corrected chi connectivity index (χ1v) is 7.28. The van der Waals surface area contributed by atoms with E-state index in [4.69, 9.17) is 10.00 Å². The summed E-state index contributed by atoms with van der Waals surface area (Å²) in [7, 11) is 0. The molecule has 0 aliphatic carbocycles. The summed E-state index contributed by atoms with van der Waals surface area (Å²) < 4.78 is 18.0. The van der Waals surface area contributed by atoms with Crippen LogP contribution in [0, 0.1) is 17.1 Å². The Morgan fingerprint density at radius 3 is 2.29 bits per heavy atom. The lowest BCUT2D eigenvalue weighted by atomic mass is 10.1.